The lowest BCUT2D eigenvalue weighted by Crippen LogP contribution is -2.32. The zero-order valence-electron chi connectivity index (χ0n) is 16.1. The van der Waals surface area contributed by atoms with Gasteiger partial charge in [-0.05, 0) is 43.2 Å². The lowest BCUT2D eigenvalue weighted by Gasteiger charge is -2.24. The number of aromatic nitrogens is 1. The van der Waals surface area contributed by atoms with Gasteiger partial charge in [-0.25, -0.2) is 0 Å². The summed E-state index contributed by atoms with van der Waals surface area (Å²) in [6, 6.07) is 13.2. The van der Waals surface area contributed by atoms with E-state index in [1.165, 1.54) is 6.92 Å². The third-order valence-corrected chi connectivity index (χ3v) is 4.81. The molecule has 144 valence electrons. The Kier molecular flexibility index (Phi) is 5.95. The highest BCUT2D eigenvalue weighted by Crippen LogP contribution is 2.31. The molecule has 0 unspecified atom stereocenters. The molecule has 28 heavy (non-hydrogen) atoms. The van der Waals surface area contributed by atoms with Crippen LogP contribution >= 0.6 is 11.6 Å². The number of hydrogen-bond donors (Lipinski definition) is 1. The predicted molar refractivity (Wildman–Crippen MR) is 114 cm³/mol. The molecule has 1 N–H and O–H groups in total. The quantitative estimate of drug-likeness (QED) is 0.669. The van der Waals surface area contributed by atoms with E-state index in [1.54, 1.807) is 11.1 Å². The fourth-order valence-corrected chi connectivity index (χ4v) is 3.73. The normalized spacial score (nSPS) is 10.7. The van der Waals surface area contributed by atoms with Crippen molar-refractivity contribution in [3.8, 4) is 0 Å². The van der Waals surface area contributed by atoms with E-state index in [1.807, 2.05) is 56.3 Å². The van der Waals surface area contributed by atoms with Gasteiger partial charge in [-0.1, -0.05) is 35.9 Å². The van der Waals surface area contributed by atoms with Gasteiger partial charge >= 0.3 is 0 Å². The number of aryl methyl sites for hydroxylation is 2. The highest BCUT2D eigenvalue weighted by Gasteiger charge is 2.19. The van der Waals surface area contributed by atoms with Crippen LogP contribution in [0.3, 0.4) is 0 Å². The molecule has 0 radical (unpaired) electrons. The average molecular weight is 396 g/mol. The van der Waals surface area contributed by atoms with Crippen molar-refractivity contribution in [1.82, 2.24) is 4.98 Å². The van der Waals surface area contributed by atoms with E-state index in [2.05, 4.69) is 10.3 Å². The van der Waals surface area contributed by atoms with E-state index in [9.17, 15) is 9.59 Å². The van der Waals surface area contributed by atoms with Crippen molar-refractivity contribution in [3.63, 3.8) is 0 Å². The maximum absolute atomic E-state index is 12.5. The number of fused-ring (bicyclic) bond motifs is 1. The zero-order chi connectivity index (χ0) is 20.3. The molecule has 2 amide bonds. The summed E-state index contributed by atoms with van der Waals surface area (Å²) >= 11 is 6.38. The molecule has 2 aromatic carbocycles. The number of carbonyl (C=O) groups excluding carboxylic acids is 2. The van der Waals surface area contributed by atoms with E-state index in [0.29, 0.717) is 16.4 Å². The second-order valence-electron chi connectivity index (χ2n) is 6.76. The Morgan fingerprint density at radius 3 is 2.61 bits per heavy atom. The van der Waals surface area contributed by atoms with Crippen molar-refractivity contribution >= 4 is 45.7 Å². The number of pyridine rings is 1. The molecule has 1 heterocycles. The Bertz CT molecular complexity index is 1020. The number of benzene rings is 2. The number of nitrogens with one attached hydrogen (secondary N) is 1. The molecule has 5 nitrogen and oxygen atoms in total. The van der Waals surface area contributed by atoms with Crippen LogP contribution in [0.15, 0.2) is 48.7 Å². The topological polar surface area (TPSA) is 62.3 Å². The maximum Gasteiger partial charge on any atom is 0.226 e. The van der Waals surface area contributed by atoms with Crippen molar-refractivity contribution in [1.29, 1.82) is 0 Å². The summed E-state index contributed by atoms with van der Waals surface area (Å²) in [6.45, 7) is 5.57. The zero-order valence-corrected chi connectivity index (χ0v) is 16.9. The molecule has 1 aromatic heterocycles. The molecular formula is C22H22ClN3O2. The number of para-hydroxylation sites is 1. The first-order valence-electron chi connectivity index (χ1n) is 9.05. The van der Waals surface area contributed by atoms with E-state index in [0.717, 1.165) is 22.0 Å². The highest BCUT2D eigenvalue weighted by molar-refractivity contribution is 6.34. The van der Waals surface area contributed by atoms with Gasteiger partial charge in [0.05, 0.1) is 21.9 Å². The number of hydrogen-bond acceptors (Lipinski definition) is 3. The van der Waals surface area contributed by atoms with Gasteiger partial charge in [-0.2, -0.15) is 0 Å². The monoisotopic (exact) mass is 395 g/mol. The Morgan fingerprint density at radius 2 is 1.89 bits per heavy atom. The highest BCUT2D eigenvalue weighted by atomic mass is 35.5. The van der Waals surface area contributed by atoms with E-state index < -0.39 is 0 Å². The third kappa shape index (κ3) is 4.31. The number of amides is 2. The number of carbonyl (C=O) groups is 2. The van der Waals surface area contributed by atoms with Crippen LogP contribution in [-0.4, -0.2) is 23.3 Å². The average Bonchev–Trinajstić information content (AvgIpc) is 2.63. The van der Waals surface area contributed by atoms with Gasteiger partial charge in [0, 0.05) is 31.5 Å². The Hall–Kier alpha value is -2.92. The predicted octanol–water partition coefficient (Wildman–Crippen LogP) is 4.89. The van der Waals surface area contributed by atoms with Gasteiger partial charge < -0.3 is 10.2 Å². The summed E-state index contributed by atoms with van der Waals surface area (Å²) in [5, 5.41) is 4.35. The third-order valence-electron chi connectivity index (χ3n) is 4.52. The number of anilines is 2. The molecule has 0 aliphatic heterocycles. The summed E-state index contributed by atoms with van der Waals surface area (Å²) in [7, 11) is 0. The lowest BCUT2D eigenvalue weighted by molar-refractivity contribution is -0.117. The summed E-state index contributed by atoms with van der Waals surface area (Å²) < 4.78 is 0. The minimum Gasteiger partial charge on any atom is -0.324 e. The minimum atomic E-state index is -0.190. The van der Waals surface area contributed by atoms with Gasteiger partial charge in [-0.3, -0.25) is 14.6 Å². The standard InChI is InChI=1S/C22H22ClN3O2/c1-14-12-15(2)22(18(23)13-14)26(16(3)27)11-9-20(28)25-19-8-4-6-17-7-5-10-24-21(17)19/h4-8,10,12-13H,9,11H2,1-3H3,(H,25,28). The fourth-order valence-electron chi connectivity index (χ4n) is 3.31. The fraction of sp³-hybridized carbons (Fsp3) is 0.227. The van der Waals surface area contributed by atoms with Crippen LogP contribution < -0.4 is 10.2 Å². The first-order chi connectivity index (χ1) is 13.4. The van der Waals surface area contributed by atoms with Gasteiger partial charge in [0.1, 0.15) is 0 Å². The van der Waals surface area contributed by atoms with E-state index in [4.69, 9.17) is 11.6 Å². The van der Waals surface area contributed by atoms with Gasteiger partial charge in [0.2, 0.25) is 11.8 Å². The molecule has 3 aromatic rings. The molecule has 0 atom stereocenters. The molecule has 0 fully saturated rings. The summed E-state index contributed by atoms with van der Waals surface area (Å²) in [6.07, 6.45) is 1.84. The van der Waals surface area contributed by atoms with Crippen molar-refractivity contribution in [2.75, 3.05) is 16.8 Å². The molecular weight excluding hydrogens is 374 g/mol. The van der Waals surface area contributed by atoms with Gasteiger partial charge in [0.15, 0.2) is 0 Å². The van der Waals surface area contributed by atoms with Crippen LogP contribution in [0.5, 0.6) is 0 Å². The minimum absolute atomic E-state index is 0.145. The summed E-state index contributed by atoms with van der Waals surface area (Å²) in [5.74, 6) is -0.348. The van der Waals surface area contributed by atoms with E-state index in [-0.39, 0.29) is 24.8 Å². The molecule has 0 spiro atoms. The first-order valence-corrected chi connectivity index (χ1v) is 9.43. The molecule has 0 aliphatic carbocycles. The van der Waals surface area contributed by atoms with Crippen LogP contribution in [0.4, 0.5) is 11.4 Å². The number of nitrogens with zero attached hydrogens (tertiary/aromatic N) is 2. The van der Waals surface area contributed by atoms with Crippen LogP contribution in [0.2, 0.25) is 5.02 Å². The van der Waals surface area contributed by atoms with Crippen LogP contribution in [0.25, 0.3) is 10.9 Å². The molecule has 0 bridgehead atoms. The Labute approximate surface area is 169 Å². The number of halogens is 1. The lowest BCUT2D eigenvalue weighted by atomic mass is 10.1. The van der Waals surface area contributed by atoms with Crippen molar-refractivity contribution in [2.24, 2.45) is 0 Å². The molecule has 0 saturated carbocycles. The van der Waals surface area contributed by atoms with Crippen LogP contribution in [0.1, 0.15) is 24.5 Å². The summed E-state index contributed by atoms with van der Waals surface area (Å²) in [5.41, 5.74) is 3.97. The van der Waals surface area contributed by atoms with Crippen molar-refractivity contribution in [3.05, 3.63) is 64.8 Å². The van der Waals surface area contributed by atoms with E-state index >= 15 is 0 Å². The number of rotatable bonds is 5. The summed E-state index contributed by atoms with van der Waals surface area (Å²) in [4.78, 5) is 30.6. The van der Waals surface area contributed by atoms with Crippen molar-refractivity contribution in [2.45, 2.75) is 27.2 Å². The Balaban J connectivity index is 1.76. The SMILES string of the molecule is CC(=O)N(CCC(=O)Nc1cccc2cccnc12)c1c(C)cc(C)cc1Cl. The van der Waals surface area contributed by atoms with Gasteiger partial charge in [-0.15, -0.1) is 0 Å². The molecule has 6 heteroatoms. The molecule has 0 aliphatic rings. The largest absolute Gasteiger partial charge is 0.324 e. The van der Waals surface area contributed by atoms with Crippen LogP contribution in [-0.2, 0) is 9.59 Å². The van der Waals surface area contributed by atoms with Crippen LogP contribution in [0, 0.1) is 13.8 Å². The van der Waals surface area contributed by atoms with Crippen molar-refractivity contribution < 1.29 is 9.59 Å². The first kappa shape index (κ1) is 19.8. The Morgan fingerprint density at radius 1 is 1.14 bits per heavy atom. The van der Waals surface area contributed by atoms with Gasteiger partial charge in [0.25, 0.3) is 0 Å². The molecule has 0 saturated heterocycles. The smallest absolute Gasteiger partial charge is 0.226 e. The second kappa shape index (κ2) is 8.40. The maximum atomic E-state index is 12.5. The second-order valence-corrected chi connectivity index (χ2v) is 7.17. The molecule has 3 rings (SSSR count).